The lowest BCUT2D eigenvalue weighted by Crippen LogP contribution is -2.58. The van der Waals surface area contributed by atoms with Crippen LogP contribution in [0.4, 0.5) is 0 Å². The SMILES string of the molecule is CCNC(C)(CN1CCCCCC1C)C(=O)OC. The van der Waals surface area contributed by atoms with Gasteiger partial charge in [-0.3, -0.25) is 9.69 Å². The number of ether oxygens (including phenoxy) is 1. The van der Waals surface area contributed by atoms with Crippen molar-refractivity contribution >= 4 is 5.97 Å². The Morgan fingerprint density at radius 2 is 2.17 bits per heavy atom. The molecule has 18 heavy (non-hydrogen) atoms. The minimum Gasteiger partial charge on any atom is -0.468 e. The highest BCUT2D eigenvalue weighted by atomic mass is 16.5. The van der Waals surface area contributed by atoms with Gasteiger partial charge in [0.15, 0.2) is 0 Å². The molecule has 0 aromatic heterocycles. The Hall–Kier alpha value is -0.610. The first kappa shape index (κ1) is 15.4. The summed E-state index contributed by atoms with van der Waals surface area (Å²) < 4.78 is 4.95. The van der Waals surface area contributed by atoms with Crippen LogP contribution in [0, 0.1) is 0 Å². The summed E-state index contributed by atoms with van der Waals surface area (Å²) >= 11 is 0. The van der Waals surface area contributed by atoms with Gasteiger partial charge < -0.3 is 10.1 Å². The maximum atomic E-state index is 12.0. The fraction of sp³-hybridized carbons (Fsp3) is 0.929. The fourth-order valence-electron chi connectivity index (χ4n) is 2.78. The molecule has 0 saturated carbocycles. The Morgan fingerprint density at radius 3 is 2.78 bits per heavy atom. The first-order valence-electron chi connectivity index (χ1n) is 7.11. The van der Waals surface area contributed by atoms with Crippen LogP contribution in [0.15, 0.2) is 0 Å². The molecule has 1 aliphatic rings. The number of hydrogen-bond donors (Lipinski definition) is 1. The van der Waals surface area contributed by atoms with Gasteiger partial charge in [-0.05, 0) is 39.8 Å². The van der Waals surface area contributed by atoms with Gasteiger partial charge in [-0.1, -0.05) is 19.8 Å². The van der Waals surface area contributed by atoms with Gasteiger partial charge in [0, 0.05) is 12.6 Å². The number of carbonyl (C=O) groups is 1. The molecule has 0 aliphatic carbocycles. The van der Waals surface area contributed by atoms with E-state index in [1.807, 2.05) is 13.8 Å². The zero-order valence-electron chi connectivity index (χ0n) is 12.3. The molecule has 1 heterocycles. The summed E-state index contributed by atoms with van der Waals surface area (Å²) in [6.45, 7) is 8.81. The van der Waals surface area contributed by atoms with Crippen LogP contribution in [0.5, 0.6) is 0 Å². The Morgan fingerprint density at radius 1 is 1.44 bits per heavy atom. The molecule has 1 aliphatic heterocycles. The van der Waals surface area contributed by atoms with Crippen LogP contribution in [-0.2, 0) is 9.53 Å². The summed E-state index contributed by atoms with van der Waals surface area (Å²) in [6.07, 6.45) is 5.06. The zero-order valence-corrected chi connectivity index (χ0v) is 12.3. The third-order valence-corrected chi connectivity index (χ3v) is 3.91. The molecule has 106 valence electrons. The minimum atomic E-state index is -0.595. The summed E-state index contributed by atoms with van der Waals surface area (Å²) in [5, 5.41) is 3.28. The van der Waals surface area contributed by atoms with E-state index in [1.165, 1.54) is 32.8 Å². The van der Waals surface area contributed by atoms with E-state index in [2.05, 4.69) is 17.1 Å². The van der Waals surface area contributed by atoms with E-state index in [1.54, 1.807) is 0 Å². The monoisotopic (exact) mass is 256 g/mol. The van der Waals surface area contributed by atoms with E-state index in [9.17, 15) is 4.79 Å². The number of methoxy groups -OCH3 is 1. The van der Waals surface area contributed by atoms with E-state index < -0.39 is 5.54 Å². The summed E-state index contributed by atoms with van der Waals surface area (Å²) in [5.74, 6) is -0.166. The average Bonchev–Trinajstić information content (AvgIpc) is 2.54. The molecule has 0 aromatic rings. The molecule has 4 nitrogen and oxygen atoms in total. The second-order valence-electron chi connectivity index (χ2n) is 5.52. The van der Waals surface area contributed by atoms with Gasteiger partial charge in [-0.2, -0.15) is 0 Å². The van der Waals surface area contributed by atoms with Crippen LogP contribution in [0.1, 0.15) is 46.5 Å². The first-order valence-corrected chi connectivity index (χ1v) is 7.11. The zero-order chi connectivity index (χ0) is 13.6. The van der Waals surface area contributed by atoms with Crippen molar-refractivity contribution in [2.45, 2.75) is 58.0 Å². The first-order chi connectivity index (χ1) is 8.53. The Balaban J connectivity index is 2.71. The van der Waals surface area contributed by atoms with Crippen LogP contribution in [0.3, 0.4) is 0 Å². The van der Waals surface area contributed by atoms with Crippen molar-refractivity contribution in [2.75, 3.05) is 26.7 Å². The summed E-state index contributed by atoms with van der Waals surface area (Å²) in [5.41, 5.74) is -0.595. The average molecular weight is 256 g/mol. The van der Waals surface area contributed by atoms with Gasteiger partial charge in [0.2, 0.25) is 0 Å². The van der Waals surface area contributed by atoms with E-state index in [0.717, 1.165) is 19.6 Å². The molecular formula is C14H28N2O2. The molecule has 0 bridgehead atoms. The van der Waals surface area contributed by atoms with Gasteiger partial charge >= 0.3 is 5.97 Å². The van der Waals surface area contributed by atoms with Gasteiger partial charge in [0.25, 0.3) is 0 Å². The van der Waals surface area contributed by atoms with Crippen LogP contribution in [0.2, 0.25) is 0 Å². The van der Waals surface area contributed by atoms with Gasteiger partial charge in [0.05, 0.1) is 7.11 Å². The van der Waals surface area contributed by atoms with E-state index in [-0.39, 0.29) is 5.97 Å². The van der Waals surface area contributed by atoms with Gasteiger partial charge in [-0.15, -0.1) is 0 Å². The van der Waals surface area contributed by atoms with Crippen molar-refractivity contribution in [1.82, 2.24) is 10.2 Å². The highest BCUT2D eigenvalue weighted by Crippen LogP contribution is 2.19. The largest absolute Gasteiger partial charge is 0.468 e. The summed E-state index contributed by atoms with van der Waals surface area (Å²) in [4.78, 5) is 14.4. The van der Waals surface area contributed by atoms with E-state index in [0.29, 0.717) is 6.04 Å². The van der Waals surface area contributed by atoms with Crippen molar-refractivity contribution < 1.29 is 9.53 Å². The number of carbonyl (C=O) groups excluding carboxylic acids is 1. The third-order valence-electron chi connectivity index (χ3n) is 3.91. The minimum absolute atomic E-state index is 0.166. The fourth-order valence-corrected chi connectivity index (χ4v) is 2.78. The van der Waals surface area contributed by atoms with E-state index >= 15 is 0 Å². The third kappa shape index (κ3) is 3.95. The van der Waals surface area contributed by atoms with Crippen molar-refractivity contribution in [3.8, 4) is 0 Å². The summed E-state index contributed by atoms with van der Waals surface area (Å²) in [7, 11) is 1.46. The smallest absolute Gasteiger partial charge is 0.327 e. The van der Waals surface area contributed by atoms with E-state index in [4.69, 9.17) is 4.74 Å². The molecule has 4 heteroatoms. The highest BCUT2D eigenvalue weighted by molar-refractivity contribution is 5.80. The highest BCUT2D eigenvalue weighted by Gasteiger charge is 2.36. The molecule has 0 aromatic carbocycles. The van der Waals surface area contributed by atoms with Crippen molar-refractivity contribution in [1.29, 1.82) is 0 Å². The molecule has 1 N–H and O–H groups in total. The van der Waals surface area contributed by atoms with Crippen molar-refractivity contribution in [3.63, 3.8) is 0 Å². The number of likely N-dealkylation sites (tertiary alicyclic amines) is 1. The molecule has 0 radical (unpaired) electrons. The molecule has 1 rings (SSSR count). The lowest BCUT2D eigenvalue weighted by molar-refractivity contribution is -0.149. The maximum Gasteiger partial charge on any atom is 0.327 e. The number of likely N-dealkylation sites (N-methyl/N-ethyl adjacent to an activating group) is 1. The molecule has 2 atom stereocenters. The Bertz CT molecular complexity index is 271. The number of hydrogen-bond acceptors (Lipinski definition) is 4. The van der Waals surface area contributed by atoms with Gasteiger partial charge in [0.1, 0.15) is 5.54 Å². The maximum absolute atomic E-state index is 12.0. The lowest BCUT2D eigenvalue weighted by Gasteiger charge is -2.36. The predicted molar refractivity (Wildman–Crippen MR) is 73.6 cm³/mol. The molecule has 1 fully saturated rings. The molecule has 1 saturated heterocycles. The number of nitrogens with one attached hydrogen (secondary N) is 1. The van der Waals surface area contributed by atoms with Crippen molar-refractivity contribution in [2.24, 2.45) is 0 Å². The van der Waals surface area contributed by atoms with Crippen LogP contribution >= 0.6 is 0 Å². The molecule has 0 amide bonds. The number of esters is 1. The van der Waals surface area contributed by atoms with Crippen LogP contribution in [-0.4, -0.2) is 49.2 Å². The quantitative estimate of drug-likeness (QED) is 0.762. The second kappa shape index (κ2) is 7.10. The normalized spacial score (nSPS) is 25.2. The number of nitrogens with zero attached hydrogens (tertiary/aromatic N) is 1. The lowest BCUT2D eigenvalue weighted by atomic mass is 10.0. The van der Waals surface area contributed by atoms with Crippen LogP contribution in [0.25, 0.3) is 0 Å². The topological polar surface area (TPSA) is 41.6 Å². The van der Waals surface area contributed by atoms with Crippen LogP contribution < -0.4 is 5.32 Å². The van der Waals surface area contributed by atoms with Crippen molar-refractivity contribution in [3.05, 3.63) is 0 Å². The molecular weight excluding hydrogens is 228 g/mol. The molecule has 0 spiro atoms. The molecule has 2 unspecified atom stereocenters. The Kier molecular flexibility index (Phi) is 6.09. The predicted octanol–water partition coefficient (Wildman–Crippen LogP) is 1.79. The second-order valence-corrected chi connectivity index (χ2v) is 5.52. The summed E-state index contributed by atoms with van der Waals surface area (Å²) in [6, 6.07) is 0.551. The number of rotatable bonds is 5. The standard InChI is InChI=1S/C14H28N2O2/c1-5-15-14(3,13(17)18-4)11-16-10-8-6-7-9-12(16)2/h12,15H,5-11H2,1-4H3. The Labute approximate surface area is 111 Å². The van der Waals surface area contributed by atoms with Gasteiger partial charge in [-0.25, -0.2) is 0 Å².